The van der Waals surface area contributed by atoms with Gasteiger partial charge >= 0.3 is 0 Å². The summed E-state index contributed by atoms with van der Waals surface area (Å²) in [5, 5.41) is 1.69. The molecule has 16 heavy (non-hydrogen) atoms. The molecule has 0 bridgehead atoms. The van der Waals surface area contributed by atoms with E-state index in [4.69, 9.17) is 11.6 Å². The highest BCUT2D eigenvalue weighted by Crippen LogP contribution is 2.17. The Hall–Kier alpha value is -1.18. The zero-order chi connectivity index (χ0) is 11.5. The molecule has 0 aliphatic rings. The van der Waals surface area contributed by atoms with Crippen LogP contribution < -0.4 is 5.30 Å². The van der Waals surface area contributed by atoms with Gasteiger partial charge in [0.25, 0.3) is 0 Å². The Balaban J connectivity index is 2.36. The van der Waals surface area contributed by atoms with Crippen LogP contribution in [0.5, 0.6) is 0 Å². The molecule has 0 spiro atoms. The van der Waals surface area contributed by atoms with Crippen molar-refractivity contribution in [3.8, 4) is 0 Å². The summed E-state index contributed by atoms with van der Waals surface area (Å²) in [5.41, 5.74) is 0.889. The number of aromatic nitrogens is 2. The molecule has 2 rings (SSSR count). The van der Waals surface area contributed by atoms with E-state index in [2.05, 4.69) is 19.2 Å². The van der Waals surface area contributed by atoms with Gasteiger partial charge in [-0.3, -0.25) is 4.57 Å². The van der Waals surface area contributed by atoms with Crippen molar-refractivity contribution in [1.29, 1.82) is 0 Å². The summed E-state index contributed by atoms with van der Waals surface area (Å²) in [6.45, 7) is 1.93. The van der Waals surface area contributed by atoms with E-state index in [1.165, 1.54) is 0 Å². The van der Waals surface area contributed by atoms with Crippen LogP contribution in [0.1, 0.15) is 6.92 Å². The van der Waals surface area contributed by atoms with Crippen molar-refractivity contribution in [3.63, 3.8) is 0 Å². The SMILES string of the molecule is C/C(=N\c1ccc(Cl)cc1P)n1ccnc1. The lowest BCUT2D eigenvalue weighted by atomic mass is 10.3. The molecule has 1 atom stereocenters. The summed E-state index contributed by atoms with van der Waals surface area (Å²) in [6.07, 6.45) is 5.30. The van der Waals surface area contributed by atoms with Gasteiger partial charge in [-0.1, -0.05) is 11.6 Å². The lowest BCUT2D eigenvalue weighted by Gasteiger charge is -2.04. The van der Waals surface area contributed by atoms with Gasteiger partial charge in [-0.05, 0) is 30.4 Å². The quantitative estimate of drug-likeness (QED) is 0.435. The fourth-order valence-corrected chi connectivity index (χ4v) is 1.94. The van der Waals surface area contributed by atoms with Crippen LogP contribution in [0, 0.1) is 0 Å². The van der Waals surface area contributed by atoms with Gasteiger partial charge in [-0.15, -0.1) is 9.24 Å². The lowest BCUT2D eigenvalue weighted by molar-refractivity contribution is 1.11. The monoisotopic (exact) mass is 251 g/mol. The summed E-state index contributed by atoms with van der Waals surface area (Å²) in [6, 6.07) is 5.59. The Morgan fingerprint density at radius 2 is 2.31 bits per heavy atom. The second-order valence-electron chi connectivity index (χ2n) is 3.33. The number of hydrogen-bond donors (Lipinski definition) is 0. The Morgan fingerprint density at radius 1 is 1.50 bits per heavy atom. The summed E-state index contributed by atoms with van der Waals surface area (Å²) < 4.78 is 1.86. The first-order valence-electron chi connectivity index (χ1n) is 4.75. The van der Waals surface area contributed by atoms with E-state index >= 15 is 0 Å². The van der Waals surface area contributed by atoms with Crippen molar-refractivity contribution in [2.75, 3.05) is 0 Å². The fraction of sp³-hybridized carbons (Fsp3) is 0.0909. The summed E-state index contributed by atoms with van der Waals surface area (Å²) in [7, 11) is 2.63. The van der Waals surface area contributed by atoms with Crippen LogP contribution in [0.2, 0.25) is 5.02 Å². The van der Waals surface area contributed by atoms with E-state index in [9.17, 15) is 0 Å². The Labute approximate surface area is 101 Å². The predicted octanol–water partition coefficient (Wildman–Crippen LogP) is 2.64. The van der Waals surface area contributed by atoms with Gasteiger partial charge in [-0.25, -0.2) is 9.98 Å². The molecular formula is C11H11ClN3P. The summed E-state index contributed by atoms with van der Waals surface area (Å²) >= 11 is 5.88. The Morgan fingerprint density at radius 3 is 2.94 bits per heavy atom. The molecule has 0 aliphatic heterocycles. The van der Waals surface area contributed by atoms with Crippen molar-refractivity contribution in [1.82, 2.24) is 9.55 Å². The smallest absolute Gasteiger partial charge is 0.111 e. The standard InChI is InChI=1S/C11H11ClN3P/c1-8(15-5-4-13-7-15)14-10-3-2-9(12)6-11(10)16/h2-7H,16H2,1H3/b14-8+. The molecule has 0 amide bonds. The molecule has 2 aromatic rings. The summed E-state index contributed by atoms with van der Waals surface area (Å²) in [5.74, 6) is 0.864. The van der Waals surface area contributed by atoms with E-state index in [0.29, 0.717) is 5.02 Å². The second-order valence-corrected chi connectivity index (χ2v) is 4.39. The summed E-state index contributed by atoms with van der Waals surface area (Å²) in [4.78, 5) is 8.48. The fourth-order valence-electron chi connectivity index (χ4n) is 1.31. The number of imidazole rings is 1. The molecule has 0 saturated carbocycles. The van der Waals surface area contributed by atoms with Crippen molar-refractivity contribution in [2.24, 2.45) is 4.99 Å². The maximum Gasteiger partial charge on any atom is 0.111 e. The highest BCUT2D eigenvalue weighted by molar-refractivity contribution is 7.28. The van der Waals surface area contributed by atoms with Gasteiger partial charge in [0.2, 0.25) is 0 Å². The zero-order valence-corrected chi connectivity index (χ0v) is 10.7. The number of rotatable bonds is 1. The third-order valence-electron chi connectivity index (χ3n) is 2.15. The number of halogens is 1. The number of nitrogens with zero attached hydrogens (tertiary/aromatic N) is 3. The third-order valence-corrected chi connectivity index (χ3v) is 2.85. The van der Waals surface area contributed by atoms with Gasteiger partial charge in [-0.2, -0.15) is 0 Å². The molecule has 3 nitrogen and oxygen atoms in total. The van der Waals surface area contributed by atoms with Crippen LogP contribution in [0.4, 0.5) is 5.69 Å². The van der Waals surface area contributed by atoms with Crippen LogP contribution >= 0.6 is 20.8 Å². The molecule has 0 saturated heterocycles. The topological polar surface area (TPSA) is 30.2 Å². The molecule has 0 radical (unpaired) electrons. The molecule has 0 fully saturated rings. The van der Waals surface area contributed by atoms with Crippen molar-refractivity contribution in [2.45, 2.75) is 6.92 Å². The minimum absolute atomic E-state index is 0.712. The van der Waals surface area contributed by atoms with Gasteiger partial charge < -0.3 is 0 Å². The first kappa shape index (κ1) is 11.3. The average molecular weight is 252 g/mol. The maximum atomic E-state index is 5.88. The number of aliphatic imine (C=N–C) groups is 1. The van der Waals surface area contributed by atoms with Crippen LogP contribution in [0.25, 0.3) is 0 Å². The first-order valence-corrected chi connectivity index (χ1v) is 5.71. The highest BCUT2D eigenvalue weighted by atomic mass is 35.5. The van der Waals surface area contributed by atoms with Crippen LogP contribution in [0.15, 0.2) is 41.9 Å². The van der Waals surface area contributed by atoms with Crippen molar-refractivity contribution >= 4 is 37.7 Å². The highest BCUT2D eigenvalue weighted by Gasteiger charge is 1.99. The molecule has 1 unspecified atom stereocenters. The third kappa shape index (κ3) is 2.49. The first-order chi connectivity index (χ1) is 7.66. The number of hydrogen-bond acceptors (Lipinski definition) is 2. The molecule has 1 aromatic heterocycles. The molecule has 82 valence electrons. The molecule has 0 N–H and O–H groups in total. The van der Waals surface area contributed by atoms with Gasteiger partial charge in [0.15, 0.2) is 0 Å². The lowest BCUT2D eigenvalue weighted by Crippen LogP contribution is -2.05. The molecule has 5 heteroatoms. The molecule has 1 heterocycles. The largest absolute Gasteiger partial charge is 0.294 e. The normalized spacial score (nSPS) is 11.8. The van der Waals surface area contributed by atoms with E-state index in [1.807, 2.05) is 35.9 Å². The average Bonchev–Trinajstić information content (AvgIpc) is 2.75. The number of benzene rings is 1. The minimum Gasteiger partial charge on any atom is -0.294 e. The minimum atomic E-state index is 0.712. The second kappa shape index (κ2) is 4.77. The van der Waals surface area contributed by atoms with Gasteiger partial charge in [0.05, 0.1) is 5.69 Å². The molecular weight excluding hydrogens is 241 g/mol. The van der Waals surface area contributed by atoms with Gasteiger partial charge in [0, 0.05) is 17.4 Å². The maximum absolute atomic E-state index is 5.88. The Bertz CT molecular complexity index is 520. The van der Waals surface area contributed by atoms with Crippen LogP contribution in [-0.2, 0) is 0 Å². The van der Waals surface area contributed by atoms with E-state index in [1.54, 1.807) is 12.5 Å². The van der Waals surface area contributed by atoms with E-state index in [0.717, 1.165) is 16.8 Å². The van der Waals surface area contributed by atoms with Crippen LogP contribution in [-0.4, -0.2) is 15.4 Å². The zero-order valence-electron chi connectivity index (χ0n) is 8.76. The van der Waals surface area contributed by atoms with E-state index in [-0.39, 0.29) is 0 Å². The van der Waals surface area contributed by atoms with Crippen LogP contribution in [0.3, 0.4) is 0 Å². The van der Waals surface area contributed by atoms with E-state index < -0.39 is 0 Å². The van der Waals surface area contributed by atoms with Gasteiger partial charge in [0.1, 0.15) is 12.2 Å². The van der Waals surface area contributed by atoms with Crippen molar-refractivity contribution in [3.05, 3.63) is 41.9 Å². The molecule has 0 aliphatic carbocycles. The predicted molar refractivity (Wildman–Crippen MR) is 71.2 cm³/mol. The molecule has 1 aromatic carbocycles. The van der Waals surface area contributed by atoms with Crippen molar-refractivity contribution < 1.29 is 0 Å². The Kier molecular flexibility index (Phi) is 3.37.